The van der Waals surface area contributed by atoms with E-state index in [0.29, 0.717) is 40.2 Å². The third-order valence-electron chi connectivity index (χ3n) is 4.74. The van der Waals surface area contributed by atoms with E-state index in [1.54, 1.807) is 49.6 Å². The van der Waals surface area contributed by atoms with Gasteiger partial charge in [0.05, 0.1) is 31.0 Å². The fourth-order valence-electron chi connectivity index (χ4n) is 3.14. The molecule has 0 spiro atoms. The van der Waals surface area contributed by atoms with Gasteiger partial charge >= 0.3 is 12.0 Å². The van der Waals surface area contributed by atoms with Crippen LogP contribution in [-0.2, 0) is 9.53 Å². The lowest BCUT2D eigenvalue weighted by atomic mass is 10.0. The van der Waals surface area contributed by atoms with Gasteiger partial charge in [0.25, 0.3) is 5.91 Å². The highest BCUT2D eigenvalue weighted by molar-refractivity contribution is 6.05. The first kappa shape index (κ1) is 23.5. The number of nitrogens with one attached hydrogen (secondary N) is 2. The number of rotatable bonds is 8. The molecule has 172 valence electrons. The summed E-state index contributed by atoms with van der Waals surface area (Å²) in [4.78, 5) is 41.0. The van der Waals surface area contributed by atoms with Crippen molar-refractivity contribution in [2.24, 2.45) is 0 Å². The van der Waals surface area contributed by atoms with Crippen LogP contribution in [0.5, 0.6) is 11.5 Å². The fourth-order valence-corrected chi connectivity index (χ4v) is 3.14. The van der Waals surface area contributed by atoms with Crippen LogP contribution in [-0.4, -0.2) is 50.3 Å². The number of amides is 3. The molecule has 0 unspecified atom stereocenters. The maximum Gasteiger partial charge on any atom is 0.339 e. The summed E-state index contributed by atoms with van der Waals surface area (Å²) in [5, 5.41) is 5.20. The first-order valence-corrected chi connectivity index (χ1v) is 10.3. The number of hydrogen-bond acceptors (Lipinski definition) is 7. The first-order valence-electron chi connectivity index (χ1n) is 10.3. The molecule has 0 aliphatic carbocycles. The van der Waals surface area contributed by atoms with Crippen LogP contribution < -0.4 is 20.1 Å². The number of imide groups is 1. The molecule has 3 amide bonds. The summed E-state index contributed by atoms with van der Waals surface area (Å²) in [5.41, 5.74) is 2.05. The topological polar surface area (TPSA) is 116 Å². The molecule has 2 N–H and O–H groups in total. The molecule has 0 atom stereocenters. The smallest absolute Gasteiger partial charge is 0.339 e. The Hall–Kier alpha value is -4.14. The number of urea groups is 1. The van der Waals surface area contributed by atoms with Crippen molar-refractivity contribution >= 4 is 28.8 Å². The van der Waals surface area contributed by atoms with Gasteiger partial charge in [-0.3, -0.25) is 10.1 Å². The average Bonchev–Trinajstić information content (AvgIpc) is 2.84. The van der Waals surface area contributed by atoms with Crippen LogP contribution >= 0.6 is 0 Å². The van der Waals surface area contributed by atoms with Crippen LogP contribution in [0.4, 0.5) is 4.79 Å². The number of carbonyl (C=O) groups is 3. The van der Waals surface area contributed by atoms with Crippen LogP contribution in [0.3, 0.4) is 0 Å². The van der Waals surface area contributed by atoms with Gasteiger partial charge in [0.2, 0.25) is 0 Å². The highest BCUT2D eigenvalue weighted by Gasteiger charge is 2.18. The number of pyridine rings is 1. The van der Waals surface area contributed by atoms with E-state index in [0.717, 1.165) is 6.42 Å². The quantitative estimate of drug-likeness (QED) is 0.505. The first-order chi connectivity index (χ1) is 16.0. The van der Waals surface area contributed by atoms with Crippen LogP contribution in [0.2, 0.25) is 0 Å². The van der Waals surface area contributed by atoms with E-state index >= 15 is 0 Å². The zero-order valence-corrected chi connectivity index (χ0v) is 18.6. The molecule has 0 aliphatic rings. The van der Waals surface area contributed by atoms with Crippen LogP contribution in [0.25, 0.3) is 22.2 Å². The van der Waals surface area contributed by atoms with Crippen molar-refractivity contribution < 1.29 is 28.6 Å². The lowest BCUT2D eigenvalue weighted by molar-refractivity contribution is -0.123. The zero-order valence-electron chi connectivity index (χ0n) is 18.6. The molecule has 33 heavy (non-hydrogen) atoms. The van der Waals surface area contributed by atoms with E-state index < -0.39 is 24.5 Å². The molecule has 0 saturated carbocycles. The summed E-state index contributed by atoms with van der Waals surface area (Å²) in [6.07, 6.45) is 0.730. The molecule has 1 heterocycles. The van der Waals surface area contributed by atoms with Gasteiger partial charge in [-0.1, -0.05) is 25.1 Å². The molecule has 9 heteroatoms. The number of ether oxygens (including phenoxy) is 3. The Kier molecular flexibility index (Phi) is 7.80. The molecule has 9 nitrogen and oxygen atoms in total. The normalized spacial score (nSPS) is 10.4. The Bertz CT molecular complexity index is 1180. The Balaban J connectivity index is 1.86. The number of fused-ring (bicyclic) bond motifs is 1. The van der Waals surface area contributed by atoms with E-state index in [1.165, 1.54) is 7.11 Å². The van der Waals surface area contributed by atoms with Crippen molar-refractivity contribution in [2.75, 3.05) is 27.4 Å². The van der Waals surface area contributed by atoms with Gasteiger partial charge in [0, 0.05) is 17.5 Å². The Morgan fingerprint density at radius 1 is 0.970 bits per heavy atom. The van der Waals surface area contributed by atoms with Gasteiger partial charge in [0.1, 0.15) is 0 Å². The average molecular weight is 451 g/mol. The number of esters is 1. The summed E-state index contributed by atoms with van der Waals surface area (Å²) < 4.78 is 15.8. The molecule has 2 aromatic carbocycles. The van der Waals surface area contributed by atoms with Crippen LogP contribution in [0.15, 0.2) is 48.5 Å². The van der Waals surface area contributed by atoms with Gasteiger partial charge in [-0.25, -0.2) is 14.6 Å². The maximum atomic E-state index is 12.9. The van der Waals surface area contributed by atoms with E-state index in [2.05, 4.69) is 15.6 Å². The molecule has 0 radical (unpaired) electrons. The summed E-state index contributed by atoms with van der Waals surface area (Å²) in [6.45, 7) is 1.72. The third kappa shape index (κ3) is 5.76. The van der Waals surface area contributed by atoms with Crippen molar-refractivity contribution in [1.82, 2.24) is 15.6 Å². The van der Waals surface area contributed by atoms with Gasteiger partial charge < -0.3 is 19.5 Å². The highest BCUT2D eigenvalue weighted by Crippen LogP contribution is 2.33. The molecule has 1 aromatic heterocycles. The predicted molar refractivity (Wildman–Crippen MR) is 122 cm³/mol. The number of hydrogen-bond donors (Lipinski definition) is 2. The van der Waals surface area contributed by atoms with E-state index in [-0.39, 0.29) is 5.56 Å². The second-order valence-corrected chi connectivity index (χ2v) is 7.02. The molecule has 0 saturated heterocycles. The molecular formula is C24H25N3O6. The summed E-state index contributed by atoms with van der Waals surface area (Å²) >= 11 is 0. The minimum atomic E-state index is -0.726. The van der Waals surface area contributed by atoms with Crippen LogP contribution in [0, 0.1) is 0 Å². The van der Waals surface area contributed by atoms with Gasteiger partial charge in [-0.05, 0) is 36.8 Å². The van der Waals surface area contributed by atoms with Crippen molar-refractivity contribution in [3.05, 3.63) is 54.1 Å². The molecule has 3 rings (SSSR count). The Morgan fingerprint density at radius 3 is 2.45 bits per heavy atom. The lowest BCUT2D eigenvalue weighted by Crippen LogP contribution is -2.41. The van der Waals surface area contributed by atoms with Crippen molar-refractivity contribution in [2.45, 2.75) is 13.3 Å². The zero-order chi connectivity index (χ0) is 23.8. The van der Waals surface area contributed by atoms with E-state index in [9.17, 15) is 14.4 Å². The molecule has 0 bridgehead atoms. The second-order valence-electron chi connectivity index (χ2n) is 7.02. The molecule has 0 aliphatic heterocycles. The van der Waals surface area contributed by atoms with Crippen LogP contribution in [0.1, 0.15) is 23.7 Å². The summed E-state index contributed by atoms with van der Waals surface area (Å²) in [6, 6.07) is 13.4. The summed E-state index contributed by atoms with van der Waals surface area (Å²) in [5.74, 6) is -0.349. The number of aromatic nitrogens is 1. The van der Waals surface area contributed by atoms with Crippen molar-refractivity contribution in [3.63, 3.8) is 0 Å². The second kappa shape index (κ2) is 10.9. The van der Waals surface area contributed by atoms with Gasteiger partial charge in [-0.2, -0.15) is 0 Å². The number of benzene rings is 2. The monoisotopic (exact) mass is 451 g/mol. The number of nitrogens with zero attached hydrogens (tertiary/aromatic N) is 1. The minimum absolute atomic E-state index is 0.244. The van der Waals surface area contributed by atoms with E-state index in [4.69, 9.17) is 14.2 Å². The Morgan fingerprint density at radius 2 is 1.73 bits per heavy atom. The number of methoxy groups -OCH3 is 2. The van der Waals surface area contributed by atoms with Crippen molar-refractivity contribution in [3.8, 4) is 22.8 Å². The molecule has 0 fully saturated rings. The number of para-hydroxylation sites is 1. The van der Waals surface area contributed by atoms with Crippen molar-refractivity contribution in [1.29, 1.82) is 0 Å². The van der Waals surface area contributed by atoms with E-state index in [1.807, 2.05) is 13.0 Å². The highest BCUT2D eigenvalue weighted by atomic mass is 16.5. The maximum absolute atomic E-state index is 12.9. The van der Waals surface area contributed by atoms with Gasteiger partial charge in [0.15, 0.2) is 18.1 Å². The Labute approximate surface area is 191 Å². The largest absolute Gasteiger partial charge is 0.493 e. The fraction of sp³-hybridized carbons (Fsp3) is 0.250. The molecular weight excluding hydrogens is 426 g/mol. The minimum Gasteiger partial charge on any atom is -0.493 e. The SMILES string of the molecule is CCCNC(=O)NC(=O)COC(=O)c1cc(-c2ccc(OC)c(OC)c2)nc2ccccc12. The van der Waals surface area contributed by atoms with Gasteiger partial charge in [-0.15, -0.1) is 0 Å². The molecule has 3 aromatic rings. The standard InChI is InChI=1S/C24H25N3O6/c1-4-11-25-24(30)27-22(28)14-33-23(29)17-13-19(26-18-8-6-5-7-16(17)18)15-9-10-20(31-2)21(12-15)32-3/h5-10,12-13H,4,11,14H2,1-3H3,(H2,25,27,28,30). The summed E-state index contributed by atoms with van der Waals surface area (Å²) in [7, 11) is 3.08. The number of carbonyl (C=O) groups excluding carboxylic acids is 3. The predicted octanol–water partition coefficient (Wildman–Crippen LogP) is 3.31. The third-order valence-corrected chi connectivity index (χ3v) is 4.74. The lowest BCUT2D eigenvalue weighted by Gasteiger charge is -2.12.